The minimum absolute atomic E-state index is 0.168. The number of benzene rings is 1. The highest BCUT2D eigenvalue weighted by Crippen LogP contribution is 2.27. The van der Waals surface area contributed by atoms with E-state index in [1.165, 1.54) is 0 Å². The number of aliphatic hydroxyl groups excluding tert-OH is 4. The highest BCUT2D eigenvalue weighted by atomic mass is 16.6. The van der Waals surface area contributed by atoms with E-state index in [2.05, 4.69) is 5.32 Å². The second kappa shape index (κ2) is 5.21. The zero-order chi connectivity index (χ0) is 13.2. The van der Waals surface area contributed by atoms with E-state index >= 15 is 0 Å². The number of ether oxygens (including phenoxy) is 1. The van der Waals surface area contributed by atoms with Crippen molar-refractivity contribution in [3.63, 3.8) is 0 Å². The van der Waals surface area contributed by atoms with Gasteiger partial charge in [0.2, 0.25) is 0 Å². The summed E-state index contributed by atoms with van der Waals surface area (Å²) in [6.07, 6.45) is -3.98. The van der Waals surface area contributed by atoms with E-state index in [1.807, 2.05) is 6.07 Å². The Morgan fingerprint density at radius 1 is 1.22 bits per heavy atom. The average molecular weight is 255 g/mol. The molecule has 0 saturated carbocycles. The molecule has 1 aromatic rings. The lowest BCUT2D eigenvalue weighted by atomic mass is 9.94. The Hall–Kier alpha value is -1.18. The average Bonchev–Trinajstić information content (AvgIpc) is 2.41. The molecule has 6 heteroatoms. The molecule has 0 bridgehead atoms. The van der Waals surface area contributed by atoms with Crippen molar-refractivity contribution in [1.82, 2.24) is 0 Å². The van der Waals surface area contributed by atoms with Gasteiger partial charge in [-0.25, -0.2) is 0 Å². The van der Waals surface area contributed by atoms with E-state index in [0.717, 1.165) is 0 Å². The molecular formula is C12H17NO5. The fourth-order valence-corrected chi connectivity index (χ4v) is 1.96. The molecule has 4 atom stereocenters. The summed E-state index contributed by atoms with van der Waals surface area (Å²) >= 11 is 0. The summed E-state index contributed by atoms with van der Waals surface area (Å²) in [6, 6.07) is 8.88. The second-order valence-electron chi connectivity index (χ2n) is 4.35. The van der Waals surface area contributed by atoms with Crippen LogP contribution in [0.2, 0.25) is 0 Å². The third-order valence-corrected chi connectivity index (χ3v) is 3.07. The topological polar surface area (TPSA) is 102 Å². The summed E-state index contributed by atoms with van der Waals surface area (Å²) in [6.45, 7) is -0.703. The van der Waals surface area contributed by atoms with Crippen molar-refractivity contribution in [2.24, 2.45) is 0 Å². The first-order valence-corrected chi connectivity index (χ1v) is 5.71. The van der Waals surface area contributed by atoms with E-state index in [4.69, 9.17) is 4.74 Å². The monoisotopic (exact) mass is 255 g/mol. The van der Waals surface area contributed by atoms with Crippen molar-refractivity contribution in [3.05, 3.63) is 30.3 Å². The van der Waals surface area contributed by atoms with Crippen LogP contribution in [0.1, 0.15) is 0 Å². The highest BCUT2D eigenvalue weighted by Gasteiger charge is 2.49. The molecule has 1 aliphatic rings. The lowest BCUT2D eigenvalue weighted by Crippen LogP contribution is -2.66. The predicted octanol–water partition coefficient (Wildman–Crippen LogP) is -1.10. The first-order chi connectivity index (χ1) is 8.59. The molecule has 18 heavy (non-hydrogen) atoms. The molecule has 1 aromatic carbocycles. The molecular weight excluding hydrogens is 238 g/mol. The highest BCUT2D eigenvalue weighted by molar-refractivity contribution is 5.45. The molecule has 0 amide bonds. The number of para-hydroxylation sites is 1. The van der Waals surface area contributed by atoms with Crippen LogP contribution in [0.15, 0.2) is 30.3 Å². The Kier molecular flexibility index (Phi) is 3.84. The SMILES string of the molecule is OC[C@@]1(Nc2ccccc2)OCC(O)C(O)C1O. The predicted molar refractivity (Wildman–Crippen MR) is 63.9 cm³/mol. The fraction of sp³-hybridized carbons (Fsp3) is 0.500. The maximum Gasteiger partial charge on any atom is 0.190 e. The molecule has 1 aliphatic heterocycles. The summed E-state index contributed by atoms with van der Waals surface area (Å²) in [4.78, 5) is 0. The summed E-state index contributed by atoms with van der Waals surface area (Å²) in [7, 11) is 0. The second-order valence-corrected chi connectivity index (χ2v) is 4.35. The molecule has 1 heterocycles. The van der Waals surface area contributed by atoms with Gasteiger partial charge >= 0.3 is 0 Å². The van der Waals surface area contributed by atoms with Gasteiger partial charge in [-0.2, -0.15) is 0 Å². The van der Waals surface area contributed by atoms with Crippen LogP contribution < -0.4 is 5.32 Å². The first-order valence-electron chi connectivity index (χ1n) is 5.71. The lowest BCUT2D eigenvalue weighted by molar-refractivity contribution is -0.235. The number of hydrogen-bond donors (Lipinski definition) is 5. The van der Waals surface area contributed by atoms with Crippen molar-refractivity contribution < 1.29 is 25.2 Å². The minimum Gasteiger partial charge on any atom is -0.391 e. The van der Waals surface area contributed by atoms with Gasteiger partial charge in [0, 0.05) is 5.69 Å². The van der Waals surface area contributed by atoms with Gasteiger partial charge < -0.3 is 30.5 Å². The molecule has 1 saturated heterocycles. The van der Waals surface area contributed by atoms with Crippen molar-refractivity contribution in [3.8, 4) is 0 Å². The van der Waals surface area contributed by atoms with Gasteiger partial charge in [-0.15, -0.1) is 0 Å². The van der Waals surface area contributed by atoms with Crippen LogP contribution in [0.4, 0.5) is 5.69 Å². The normalized spacial score (nSPS) is 36.3. The lowest BCUT2D eigenvalue weighted by Gasteiger charge is -2.45. The maximum absolute atomic E-state index is 9.96. The third-order valence-electron chi connectivity index (χ3n) is 3.07. The van der Waals surface area contributed by atoms with Gasteiger partial charge in [0.25, 0.3) is 0 Å². The Labute approximate surface area is 104 Å². The molecule has 0 aromatic heterocycles. The van der Waals surface area contributed by atoms with E-state index < -0.39 is 30.6 Å². The largest absolute Gasteiger partial charge is 0.391 e. The number of anilines is 1. The summed E-state index contributed by atoms with van der Waals surface area (Å²) in [5.74, 6) is 0. The summed E-state index contributed by atoms with van der Waals surface area (Å²) in [5.41, 5.74) is -0.880. The minimum atomic E-state index is -1.51. The molecule has 0 aliphatic carbocycles. The van der Waals surface area contributed by atoms with E-state index in [1.54, 1.807) is 24.3 Å². The molecule has 5 N–H and O–H groups in total. The van der Waals surface area contributed by atoms with Crippen LogP contribution in [0.3, 0.4) is 0 Å². The molecule has 0 radical (unpaired) electrons. The molecule has 6 nitrogen and oxygen atoms in total. The quantitative estimate of drug-likeness (QED) is 0.470. The number of rotatable bonds is 3. The van der Waals surface area contributed by atoms with Crippen molar-refractivity contribution in [2.45, 2.75) is 24.0 Å². The van der Waals surface area contributed by atoms with Gasteiger partial charge in [0.1, 0.15) is 18.3 Å². The van der Waals surface area contributed by atoms with Gasteiger partial charge in [0.15, 0.2) is 5.72 Å². The van der Waals surface area contributed by atoms with Crippen LogP contribution in [-0.2, 0) is 4.74 Å². The summed E-state index contributed by atoms with van der Waals surface area (Å²) in [5, 5.41) is 41.3. The van der Waals surface area contributed by atoms with Gasteiger partial charge in [-0.05, 0) is 12.1 Å². The van der Waals surface area contributed by atoms with Gasteiger partial charge in [0.05, 0.1) is 13.2 Å². The fourth-order valence-electron chi connectivity index (χ4n) is 1.96. The number of hydrogen-bond acceptors (Lipinski definition) is 6. The Bertz CT molecular complexity index is 387. The maximum atomic E-state index is 9.96. The van der Waals surface area contributed by atoms with Crippen LogP contribution in [0.5, 0.6) is 0 Å². The molecule has 2 rings (SSSR count). The van der Waals surface area contributed by atoms with Crippen molar-refractivity contribution in [1.29, 1.82) is 0 Å². The zero-order valence-electron chi connectivity index (χ0n) is 9.73. The molecule has 0 spiro atoms. The Morgan fingerprint density at radius 3 is 2.50 bits per heavy atom. The Morgan fingerprint density at radius 2 is 1.89 bits per heavy atom. The van der Waals surface area contributed by atoms with Crippen LogP contribution >= 0.6 is 0 Å². The molecule has 100 valence electrons. The first kappa shape index (κ1) is 13.3. The van der Waals surface area contributed by atoms with Crippen LogP contribution in [-0.4, -0.2) is 57.7 Å². The Balaban J connectivity index is 2.20. The van der Waals surface area contributed by atoms with Crippen LogP contribution in [0.25, 0.3) is 0 Å². The molecule has 1 fully saturated rings. The van der Waals surface area contributed by atoms with Crippen LogP contribution in [0, 0.1) is 0 Å². The van der Waals surface area contributed by atoms with Crippen molar-refractivity contribution in [2.75, 3.05) is 18.5 Å². The van der Waals surface area contributed by atoms with Crippen molar-refractivity contribution >= 4 is 5.69 Å². The summed E-state index contributed by atoms with van der Waals surface area (Å²) < 4.78 is 5.29. The van der Waals surface area contributed by atoms with E-state index in [-0.39, 0.29) is 6.61 Å². The van der Waals surface area contributed by atoms with Gasteiger partial charge in [-0.3, -0.25) is 0 Å². The van der Waals surface area contributed by atoms with E-state index in [0.29, 0.717) is 5.69 Å². The third kappa shape index (κ3) is 2.33. The standard InChI is InChI=1S/C12H17NO5/c14-7-12(13-8-4-2-1-3-5-8)11(17)10(16)9(15)6-18-12/h1-5,9-11,13-17H,6-7H2/t9?,10?,11?,12-/m1/s1. The number of nitrogens with one attached hydrogen (secondary N) is 1. The number of aliphatic hydroxyl groups is 4. The smallest absolute Gasteiger partial charge is 0.190 e. The zero-order valence-corrected chi connectivity index (χ0v) is 9.73. The van der Waals surface area contributed by atoms with Gasteiger partial charge in [-0.1, -0.05) is 18.2 Å². The van der Waals surface area contributed by atoms with E-state index in [9.17, 15) is 20.4 Å². The molecule has 3 unspecified atom stereocenters.